The summed E-state index contributed by atoms with van der Waals surface area (Å²) in [4.78, 5) is 19.9. The van der Waals surface area contributed by atoms with Gasteiger partial charge in [-0.1, -0.05) is 30.0 Å². The van der Waals surface area contributed by atoms with E-state index in [9.17, 15) is 4.79 Å². The van der Waals surface area contributed by atoms with Gasteiger partial charge in [0.2, 0.25) is 5.78 Å². The zero-order chi connectivity index (χ0) is 13.1. The number of rotatable bonds is 4. The fraction of sp³-hybridized carbons (Fsp3) is 0.0714. The lowest BCUT2D eigenvalue weighted by molar-refractivity contribution is 0.0994. The second kappa shape index (κ2) is 5.24. The summed E-state index contributed by atoms with van der Waals surface area (Å²) in [7, 11) is 0. The number of Topliss-reactive ketones (excluding diaryl/α,β-unsaturated/α-hetero) is 1. The summed E-state index contributed by atoms with van der Waals surface area (Å²) >= 11 is 1.37. The smallest absolute Gasteiger partial charge is 0.208 e. The molecular formula is C14H10N2O2S. The van der Waals surface area contributed by atoms with Gasteiger partial charge in [0.1, 0.15) is 11.9 Å². The van der Waals surface area contributed by atoms with Crippen molar-refractivity contribution in [3.05, 3.63) is 54.7 Å². The van der Waals surface area contributed by atoms with Crippen molar-refractivity contribution in [2.24, 2.45) is 0 Å². The second-order valence-corrected chi connectivity index (χ2v) is 4.90. The fourth-order valence-corrected chi connectivity index (χ4v) is 2.39. The van der Waals surface area contributed by atoms with Gasteiger partial charge in [-0.2, -0.15) is 0 Å². The number of carbonyl (C=O) groups excluding carboxylic acids is 1. The van der Waals surface area contributed by atoms with Crippen molar-refractivity contribution in [3.63, 3.8) is 0 Å². The molecule has 0 N–H and O–H groups in total. The van der Waals surface area contributed by atoms with E-state index in [1.807, 2.05) is 24.3 Å². The minimum Gasteiger partial charge on any atom is -0.453 e. The van der Waals surface area contributed by atoms with Crippen molar-refractivity contribution < 1.29 is 9.21 Å². The van der Waals surface area contributed by atoms with Crippen LogP contribution >= 0.6 is 11.8 Å². The molecule has 19 heavy (non-hydrogen) atoms. The molecule has 0 unspecified atom stereocenters. The summed E-state index contributed by atoms with van der Waals surface area (Å²) in [6.07, 6.45) is 3.12. The molecule has 94 valence electrons. The molecule has 0 radical (unpaired) electrons. The summed E-state index contributed by atoms with van der Waals surface area (Å²) < 4.78 is 5.52. The van der Waals surface area contributed by atoms with Gasteiger partial charge in [-0.25, -0.2) is 9.97 Å². The monoisotopic (exact) mass is 270 g/mol. The van der Waals surface area contributed by atoms with Crippen LogP contribution in [0.5, 0.6) is 0 Å². The van der Waals surface area contributed by atoms with Gasteiger partial charge in [-0.3, -0.25) is 4.79 Å². The molecule has 0 saturated carbocycles. The first-order chi connectivity index (χ1) is 9.33. The first-order valence-electron chi connectivity index (χ1n) is 5.73. The van der Waals surface area contributed by atoms with Crippen molar-refractivity contribution in [2.45, 2.75) is 5.03 Å². The highest BCUT2D eigenvalue weighted by molar-refractivity contribution is 7.99. The van der Waals surface area contributed by atoms with E-state index in [4.69, 9.17) is 4.42 Å². The van der Waals surface area contributed by atoms with Gasteiger partial charge in [-0.05, 0) is 18.2 Å². The van der Waals surface area contributed by atoms with Crippen molar-refractivity contribution in [3.8, 4) is 0 Å². The Morgan fingerprint density at radius 3 is 2.95 bits per heavy atom. The molecule has 1 aromatic carbocycles. The number of hydrogen-bond acceptors (Lipinski definition) is 5. The Hall–Kier alpha value is -2.14. The molecular weight excluding hydrogens is 260 g/mol. The molecule has 0 saturated heterocycles. The van der Waals surface area contributed by atoms with Gasteiger partial charge in [0.25, 0.3) is 0 Å². The quantitative estimate of drug-likeness (QED) is 0.414. The molecule has 0 amide bonds. The Morgan fingerprint density at radius 2 is 2.16 bits per heavy atom. The number of carbonyl (C=O) groups is 1. The highest BCUT2D eigenvalue weighted by atomic mass is 32.2. The summed E-state index contributed by atoms with van der Waals surface area (Å²) in [5, 5.41) is 1.72. The molecule has 0 fully saturated rings. The van der Waals surface area contributed by atoms with Gasteiger partial charge in [0.15, 0.2) is 5.76 Å². The lowest BCUT2D eigenvalue weighted by Crippen LogP contribution is -2.00. The third-order valence-electron chi connectivity index (χ3n) is 2.61. The van der Waals surface area contributed by atoms with Crippen LogP contribution in [-0.4, -0.2) is 21.5 Å². The molecule has 0 aliphatic carbocycles. The average Bonchev–Trinajstić information content (AvgIpc) is 2.90. The Balaban J connectivity index is 1.73. The number of ketones is 1. The van der Waals surface area contributed by atoms with Crippen LogP contribution in [-0.2, 0) is 0 Å². The minimum absolute atomic E-state index is 0.0418. The molecule has 3 rings (SSSR count). The number of para-hydroxylation sites is 1. The van der Waals surface area contributed by atoms with Crippen LogP contribution in [0.25, 0.3) is 11.0 Å². The van der Waals surface area contributed by atoms with Crippen molar-refractivity contribution in [1.29, 1.82) is 0 Å². The van der Waals surface area contributed by atoms with E-state index in [0.717, 1.165) is 16.0 Å². The highest BCUT2D eigenvalue weighted by Gasteiger charge is 2.12. The van der Waals surface area contributed by atoms with Crippen LogP contribution in [0.15, 0.2) is 58.4 Å². The maximum Gasteiger partial charge on any atom is 0.208 e. The predicted molar refractivity (Wildman–Crippen MR) is 73.3 cm³/mol. The van der Waals surface area contributed by atoms with Crippen LogP contribution in [0.3, 0.4) is 0 Å². The minimum atomic E-state index is -0.0418. The van der Waals surface area contributed by atoms with Crippen LogP contribution in [0, 0.1) is 0 Å². The second-order valence-electron chi connectivity index (χ2n) is 3.91. The first kappa shape index (κ1) is 11.9. The van der Waals surface area contributed by atoms with E-state index in [1.54, 1.807) is 18.3 Å². The Morgan fingerprint density at radius 1 is 1.26 bits per heavy atom. The van der Waals surface area contributed by atoms with E-state index < -0.39 is 0 Å². The Labute approximate surface area is 113 Å². The summed E-state index contributed by atoms with van der Waals surface area (Å²) in [5.74, 6) is 0.652. The predicted octanol–water partition coefficient (Wildman–Crippen LogP) is 3.20. The summed E-state index contributed by atoms with van der Waals surface area (Å²) in [5.41, 5.74) is 0.734. The molecule has 0 bridgehead atoms. The summed E-state index contributed by atoms with van der Waals surface area (Å²) in [6.45, 7) is 0. The lowest BCUT2D eigenvalue weighted by atomic mass is 10.2. The number of aromatic nitrogens is 2. The van der Waals surface area contributed by atoms with Gasteiger partial charge >= 0.3 is 0 Å². The number of fused-ring (bicyclic) bond motifs is 1. The number of nitrogens with zero attached hydrogens (tertiary/aromatic N) is 2. The van der Waals surface area contributed by atoms with Gasteiger partial charge < -0.3 is 4.42 Å². The average molecular weight is 270 g/mol. The van der Waals surface area contributed by atoms with Gasteiger partial charge in [-0.15, -0.1) is 0 Å². The molecule has 5 heteroatoms. The largest absolute Gasteiger partial charge is 0.453 e. The molecule has 0 aliphatic rings. The number of hydrogen-bond donors (Lipinski definition) is 0. The van der Waals surface area contributed by atoms with Crippen molar-refractivity contribution in [1.82, 2.24) is 9.97 Å². The van der Waals surface area contributed by atoms with Crippen LogP contribution in [0.2, 0.25) is 0 Å². The van der Waals surface area contributed by atoms with Gasteiger partial charge in [0.05, 0.1) is 10.8 Å². The van der Waals surface area contributed by atoms with Gasteiger partial charge in [0, 0.05) is 11.6 Å². The van der Waals surface area contributed by atoms with Crippen molar-refractivity contribution in [2.75, 3.05) is 5.75 Å². The third-order valence-corrected chi connectivity index (χ3v) is 3.55. The van der Waals surface area contributed by atoms with Crippen LogP contribution < -0.4 is 0 Å². The SMILES string of the molecule is O=C(CSc1ccncn1)c1cc2ccccc2o1. The maximum absolute atomic E-state index is 12.0. The topological polar surface area (TPSA) is 56.0 Å². The third kappa shape index (κ3) is 2.66. The van der Waals surface area contributed by atoms with Crippen LogP contribution in [0.4, 0.5) is 0 Å². The number of furan rings is 1. The molecule has 0 atom stereocenters. The Bertz CT molecular complexity index is 677. The van der Waals surface area contributed by atoms with Crippen LogP contribution in [0.1, 0.15) is 10.6 Å². The maximum atomic E-state index is 12.0. The molecule has 2 heterocycles. The molecule has 4 nitrogen and oxygen atoms in total. The zero-order valence-electron chi connectivity index (χ0n) is 9.95. The summed E-state index contributed by atoms with van der Waals surface area (Å²) in [6, 6.07) is 11.1. The van der Waals surface area contributed by atoms with Crippen molar-refractivity contribution >= 4 is 28.5 Å². The van der Waals surface area contributed by atoms with E-state index in [1.165, 1.54) is 18.1 Å². The van der Waals surface area contributed by atoms with E-state index in [2.05, 4.69) is 9.97 Å². The highest BCUT2D eigenvalue weighted by Crippen LogP contribution is 2.21. The molecule has 0 spiro atoms. The number of benzene rings is 1. The van der Waals surface area contributed by atoms with E-state index >= 15 is 0 Å². The van der Waals surface area contributed by atoms with E-state index in [-0.39, 0.29) is 5.78 Å². The first-order valence-corrected chi connectivity index (χ1v) is 6.72. The normalized spacial score (nSPS) is 10.7. The molecule has 3 aromatic rings. The standard InChI is InChI=1S/C14H10N2O2S/c17-11(8-19-14-5-6-15-9-16-14)13-7-10-3-1-2-4-12(10)18-13/h1-7,9H,8H2. The lowest BCUT2D eigenvalue weighted by Gasteiger charge is -1.97. The fourth-order valence-electron chi connectivity index (χ4n) is 1.69. The number of thioether (sulfide) groups is 1. The Kier molecular flexibility index (Phi) is 3.29. The van der Waals surface area contributed by atoms with E-state index in [0.29, 0.717) is 11.5 Å². The molecule has 2 aromatic heterocycles. The zero-order valence-corrected chi connectivity index (χ0v) is 10.8. The molecule has 0 aliphatic heterocycles.